The van der Waals surface area contributed by atoms with Gasteiger partial charge in [-0.05, 0) is 29.0 Å². The average Bonchev–Trinajstić information content (AvgIpc) is 2.27. The molecule has 0 aliphatic heterocycles. The SMILES string of the molecule is CNCc1cc(Br)cnc1OCCCOC. The van der Waals surface area contributed by atoms with E-state index in [-0.39, 0.29) is 0 Å². The van der Waals surface area contributed by atoms with E-state index in [4.69, 9.17) is 9.47 Å². The second-order valence-corrected chi connectivity index (χ2v) is 4.26. The van der Waals surface area contributed by atoms with Gasteiger partial charge in [0.25, 0.3) is 0 Å². The van der Waals surface area contributed by atoms with Crippen molar-refractivity contribution >= 4 is 15.9 Å². The summed E-state index contributed by atoms with van der Waals surface area (Å²) in [6, 6.07) is 2.01. The Bertz CT molecular complexity index is 321. The lowest BCUT2D eigenvalue weighted by Gasteiger charge is -2.10. The Morgan fingerprint density at radius 3 is 2.94 bits per heavy atom. The lowest BCUT2D eigenvalue weighted by molar-refractivity contribution is 0.170. The van der Waals surface area contributed by atoms with Crippen LogP contribution in [-0.4, -0.2) is 32.4 Å². The van der Waals surface area contributed by atoms with Crippen molar-refractivity contribution in [2.75, 3.05) is 27.4 Å². The van der Waals surface area contributed by atoms with E-state index in [0.717, 1.165) is 23.0 Å². The number of halogens is 1. The van der Waals surface area contributed by atoms with Crippen molar-refractivity contribution < 1.29 is 9.47 Å². The first-order valence-electron chi connectivity index (χ1n) is 5.18. The van der Waals surface area contributed by atoms with Crippen molar-refractivity contribution in [3.63, 3.8) is 0 Å². The molecule has 1 N–H and O–H groups in total. The van der Waals surface area contributed by atoms with Gasteiger partial charge >= 0.3 is 0 Å². The van der Waals surface area contributed by atoms with Crippen LogP contribution in [0.5, 0.6) is 5.88 Å². The minimum absolute atomic E-state index is 0.624. The van der Waals surface area contributed by atoms with Gasteiger partial charge in [0, 0.05) is 42.9 Å². The number of nitrogens with zero attached hydrogens (tertiary/aromatic N) is 1. The molecule has 0 bridgehead atoms. The number of rotatable bonds is 7. The van der Waals surface area contributed by atoms with Crippen molar-refractivity contribution in [2.24, 2.45) is 0 Å². The van der Waals surface area contributed by atoms with Gasteiger partial charge in [-0.15, -0.1) is 0 Å². The first-order chi connectivity index (χ1) is 7.77. The van der Waals surface area contributed by atoms with Gasteiger partial charge in [0.05, 0.1) is 6.61 Å². The molecule has 0 aromatic carbocycles. The third kappa shape index (κ3) is 4.47. The maximum Gasteiger partial charge on any atom is 0.217 e. The van der Waals surface area contributed by atoms with E-state index in [0.29, 0.717) is 19.1 Å². The topological polar surface area (TPSA) is 43.4 Å². The van der Waals surface area contributed by atoms with Gasteiger partial charge in [-0.3, -0.25) is 0 Å². The summed E-state index contributed by atoms with van der Waals surface area (Å²) in [5, 5.41) is 3.09. The van der Waals surface area contributed by atoms with Gasteiger partial charge in [0.2, 0.25) is 5.88 Å². The molecular weight excluding hydrogens is 272 g/mol. The average molecular weight is 289 g/mol. The van der Waals surface area contributed by atoms with Crippen LogP contribution in [0.25, 0.3) is 0 Å². The number of hydrogen-bond donors (Lipinski definition) is 1. The number of hydrogen-bond acceptors (Lipinski definition) is 4. The van der Waals surface area contributed by atoms with Crippen molar-refractivity contribution in [1.29, 1.82) is 0 Å². The Kier molecular flexibility index (Phi) is 6.37. The first-order valence-corrected chi connectivity index (χ1v) is 5.98. The fourth-order valence-corrected chi connectivity index (χ4v) is 1.67. The van der Waals surface area contributed by atoms with E-state index in [2.05, 4.69) is 26.2 Å². The highest BCUT2D eigenvalue weighted by atomic mass is 79.9. The standard InChI is InChI=1S/C11H17BrN2O2/c1-13-7-9-6-10(12)8-14-11(9)16-5-3-4-15-2/h6,8,13H,3-5,7H2,1-2H3. The fourth-order valence-electron chi connectivity index (χ4n) is 1.29. The molecule has 4 nitrogen and oxygen atoms in total. The molecule has 0 saturated carbocycles. The summed E-state index contributed by atoms with van der Waals surface area (Å²) in [6.45, 7) is 2.07. The Balaban J connectivity index is 2.56. The highest BCUT2D eigenvalue weighted by Crippen LogP contribution is 2.19. The molecular formula is C11H17BrN2O2. The molecule has 0 saturated heterocycles. The van der Waals surface area contributed by atoms with E-state index < -0.39 is 0 Å². The molecule has 16 heavy (non-hydrogen) atoms. The number of aromatic nitrogens is 1. The number of pyridine rings is 1. The van der Waals surface area contributed by atoms with Gasteiger partial charge in [0.15, 0.2) is 0 Å². The molecule has 1 rings (SSSR count). The van der Waals surface area contributed by atoms with E-state index in [1.54, 1.807) is 13.3 Å². The Hall–Kier alpha value is -0.650. The zero-order chi connectivity index (χ0) is 11.8. The normalized spacial score (nSPS) is 10.4. The minimum atomic E-state index is 0.624. The van der Waals surface area contributed by atoms with Gasteiger partial charge in [-0.1, -0.05) is 0 Å². The van der Waals surface area contributed by atoms with Crippen molar-refractivity contribution in [3.8, 4) is 5.88 Å². The van der Waals surface area contributed by atoms with E-state index in [9.17, 15) is 0 Å². The maximum atomic E-state index is 5.59. The molecule has 1 heterocycles. The summed E-state index contributed by atoms with van der Waals surface area (Å²) >= 11 is 3.39. The minimum Gasteiger partial charge on any atom is -0.477 e. The van der Waals surface area contributed by atoms with Crippen molar-refractivity contribution in [3.05, 3.63) is 22.3 Å². The van der Waals surface area contributed by atoms with Crippen LogP contribution in [0.4, 0.5) is 0 Å². The number of nitrogens with one attached hydrogen (secondary N) is 1. The first kappa shape index (κ1) is 13.4. The molecule has 0 unspecified atom stereocenters. The molecule has 5 heteroatoms. The molecule has 1 aromatic heterocycles. The second-order valence-electron chi connectivity index (χ2n) is 3.34. The molecule has 0 aliphatic rings. The van der Waals surface area contributed by atoms with E-state index in [1.807, 2.05) is 13.1 Å². The van der Waals surface area contributed by atoms with Crippen LogP contribution in [0, 0.1) is 0 Å². The molecule has 1 aromatic rings. The van der Waals surface area contributed by atoms with Crippen molar-refractivity contribution in [1.82, 2.24) is 10.3 Å². The van der Waals surface area contributed by atoms with Gasteiger partial charge < -0.3 is 14.8 Å². The molecule has 0 atom stereocenters. The smallest absolute Gasteiger partial charge is 0.217 e. The van der Waals surface area contributed by atoms with Gasteiger partial charge in [-0.25, -0.2) is 4.98 Å². The van der Waals surface area contributed by atoms with Crippen LogP contribution in [0.3, 0.4) is 0 Å². The van der Waals surface area contributed by atoms with Crippen LogP contribution in [-0.2, 0) is 11.3 Å². The molecule has 0 fully saturated rings. The Labute approximate surface area is 104 Å². The zero-order valence-corrected chi connectivity index (χ0v) is 11.2. The summed E-state index contributed by atoms with van der Waals surface area (Å²) in [7, 11) is 3.58. The lowest BCUT2D eigenvalue weighted by Crippen LogP contribution is -2.10. The molecule has 0 spiro atoms. The van der Waals surface area contributed by atoms with Crippen molar-refractivity contribution in [2.45, 2.75) is 13.0 Å². The predicted molar refractivity (Wildman–Crippen MR) is 66.7 cm³/mol. The van der Waals surface area contributed by atoms with Crippen LogP contribution in [0.2, 0.25) is 0 Å². The lowest BCUT2D eigenvalue weighted by atomic mass is 10.2. The van der Waals surface area contributed by atoms with E-state index in [1.165, 1.54) is 0 Å². The summed E-state index contributed by atoms with van der Waals surface area (Å²) in [4.78, 5) is 4.24. The zero-order valence-electron chi connectivity index (χ0n) is 9.62. The van der Waals surface area contributed by atoms with Crippen LogP contribution in [0.15, 0.2) is 16.7 Å². The Morgan fingerprint density at radius 1 is 1.44 bits per heavy atom. The summed E-state index contributed by atoms with van der Waals surface area (Å²) < 4.78 is 11.5. The molecule has 0 radical (unpaired) electrons. The number of methoxy groups -OCH3 is 1. The summed E-state index contributed by atoms with van der Waals surface area (Å²) in [6.07, 6.45) is 2.61. The monoisotopic (exact) mass is 288 g/mol. The molecule has 0 amide bonds. The van der Waals surface area contributed by atoms with Gasteiger partial charge in [0.1, 0.15) is 0 Å². The largest absolute Gasteiger partial charge is 0.477 e. The maximum absolute atomic E-state index is 5.59. The van der Waals surface area contributed by atoms with Crippen LogP contribution < -0.4 is 10.1 Å². The second kappa shape index (κ2) is 7.60. The molecule has 0 aliphatic carbocycles. The fraction of sp³-hybridized carbons (Fsp3) is 0.545. The number of ether oxygens (including phenoxy) is 2. The third-order valence-corrected chi connectivity index (χ3v) is 2.42. The Morgan fingerprint density at radius 2 is 2.25 bits per heavy atom. The van der Waals surface area contributed by atoms with Crippen LogP contribution >= 0.6 is 15.9 Å². The summed E-state index contributed by atoms with van der Waals surface area (Å²) in [5.74, 6) is 0.689. The van der Waals surface area contributed by atoms with Crippen LogP contribution in [0.1, 0.15) is 12.0 Å². The quantitative estimate of drug-likeness (QED) is 0.779. The highest BCUT2D eigenvalue weighted by Gasteiger charge is 2.05. The third-order valence-electron chi connectivity index (χ3n) is 1.99. The summed E-state index contributed by atoms with van der Waals surface area (Å²) in [5.41, 5.74) is 1.05. The van der Waals surface area contributed by atoms with E-state index >= 15 is 0 Å². The predicted octanol–water partition coefficient (Wildman–Crippen LogP) is 1.98. The molecule has 90 valence electrons. The highest BCUT2D eigenvalue weighted by molar-refractivity contribution is 9.10. The van der Waals surface area contributed by atoms with Gasteiger partial charge in [-0.2, -0.15) is 0 Å².